The topological polar surface area (TPSA) is 123 Å². The summed E-state index contributed by atoms with van der Waals surface area (Å²) in [7, 11) is 1.37. The van der Waals surface area contributed by atoms with Gasteiger partial charge in [0.2, 0.25) is 0 Å². The first-order valence-corrected chi connectivity index (χ1v) is 7.64. The number of nitro groups is 1. The summed E-state index contributed by atoms with van der Waals surface area (Å²) in [5.74, 6) is -0.268. The van der Waals surface area contributed by atoms with Crippen molar-refractivity contribution in [2.45, 2.75) is 13.0 Å². The van der Waals surface area contributed by atoms with Crippen molar-refractivity contribution in [2.24, 2.45) is 5.92 Å². The second kappa shape index (κ2) is 9.40. The number of amides is 1. The van der Waals surface area contributed by atoms with Crippen LogP contribution in [-0.4, -0.2) is 55.4 Å². The van der Waals surface area contributed by atoms with Crippen LogP contribution in [0.15, 0.2) is 12.1 Å². The lowest BCUT2D eigenvalue weighted by Gasteiger charge is -2.15. The fourth-order valence-electron chi connectivity index (χ4n) is 2.56. The second-order valence-electron chi connectivity index (χ2n) is 5.41. The van der Waals surface area contributed by atoms with Gasteiger partial charge in [0.05, 0.1) is 30.8 Å². The van der Waals surface area contributed by atoms with Crippen molar-refractivity contribution in [3.63, 3.8) is 0 Å². The van der Waals surface area contributed by atoms with Gasteiger partial charge in [-0.15, -0.1) is 12.4 Å². The number of aliphatic hydroxyl groups is 1. The van der Waals surface area contributed by atoms with Gasteiger partial charge in [-0.3, -0.25) is 14.9 Å². The van der Waals surface area contributed by atoms with Gasteiger partial charge in [0.1, 0.15) is 5.56 Å². The molecule has 3 N–H and O–H groups in total. The number of nitrogens with zero attached hydrogens (tertiary/aromatic N) is 1. The third-order valence-electron chi connectivity index (χ3n) is 3.85. The molecular formula is C15H22ClN3O6. The molecule has 0 spiro atoms. The molecule has 0 aromatic heterocycles. The third kappa shape index (κ3) is 4.94. The highest BCUT2D eigenvalue weighted by Gasteiger charge is 2.28. The van der Waals surface area contributed by atoms with Crippen molar-refractivity contribution >= 4 is 24.0 Å². The quantitative estimate of drug-likeness (QED) is 0.474. The molecular weight excluding hydrogens is 354 g/mol. The van der Waals surface area contributed by atoms with Crippen LogP contribution in [-0.2, 0) is 0 Å². The lowest BCUT2D eigenvalue weighted by atomic mass is 10.1. The number of carbonyl (C=O) groups is 1. The van der Waals surface area contributed by atoms with Gasteiger partial charge in [-0.1, -0.05) is 0 Å². The van der Waals surface area contributed by atoms with E-state index in [0.717, 1.165) is 0 Å². The summed E-state index contributed by atoms with van der Waals surface area (Å²) in [4.78, 5) is 23.0. The van der Waals surface area contributed by atoms with Crippen LogP contribution in [0.3, 0.4) is 0 Å². The molecule has 0 aliphatic carbocycles. The molecule has 10 heteroatoms. The Morgan fingerprint density at radius 2 is 2.16 bits per heavy atom. The maximum Gasteiger partial charge on any atom is 0.286 e. The Morgan fingerprint density at radius 1 is 1.44 bits per heavy atom. The van der Waals surface area contributed by atoms with E-state index in [1.807, 2.05) is 0 Å². The highest BCUT2D eigenvalue weighted by molar-refractivity contribution is 5.99. The number of rotatable bonds is 7. The Kier molecular flexibility index (Phi) is 7.88. The Labute approximate surface area is 151 Å². The van der Waals surface area contributed by atoms with E-state index in [9.17, 15) is 20.0 Å². The first-order chi connectivity index (χ1) is 11.5. The van der Waals surface area contributed by atoms with Gasteiger partial charge < -0.3 is 25.2 Å². The van der Waals surface area contributed by atoms with E-state index in [4.69, 9.17) is 9.47 Å². The number of carbonyl (C=O) groups excluding carboxylic acids is 1. The van der Waals surface area contributed by atoms with Gasteiger partial charge in [0.25, 0.3) is 11.6 Å². The van der Waals surface area contributed by atoms with Crippen molar-refractivity contribution in [2.75, 3.05) is 33.4 Å². The van der Waals surface area contributed by atoms with Crippen LogP contribution in [0.5, 0.6) is 11.5 Å². The van der Waals surface area contributed by atoms with E-state index in [2.05, 4.69) is 10.6 Å². The van der Waals surface area contributed by atoms with E-state index in [1.165, 1.54) is 19.2 Å². The number of hydrogen-bond acceptors (Lipinski definition) is 7. The van der Waals surface area contributed by atoms with Crippen LogP contribution in [0.25, 0.3) is 0 Å². The lowest BCUT2D eigenvalue weighted by Crippen LogP contribution is -2.34. The number of ether oxygens (including phenoxy) is 2. The van der Waals surface area contributed by atoms with Crippen LogP contribution in [0.2, 0.25) is 0 Å². The molecule has 1 saturated heterocycles. The van der Waals surface area contributed by atoms with Crippen LogP contribution < -0.4 is 20.1 Å². The van der Waals surface area contributed by atoms with Gasteiger partial charge in [0, 0.05) is 31.6 Å². The monoisotopic (exact) mass is 375 g/mol. The molecule has 140 valence electrons. The third-order valence-corrected chi connectivity index (χ3v) is 3.85. The number of halogens is 1. The SMILES string of the molecule is CCOc1cc(C(=O)NCC2CNCC2O)c([N+](=O)[O-])cc1OC.Cl. The minimum atomic E-state index is -0.640. The number of methoxy groups -OCH3 is 1. The fourth-order valence-corrected chi connectivity index (χ4v) is 2.56. The van der Waals surface area contributed by atoms with Crippen molar-refractivity contribution in [1.82, 2.24) is 10.6 Å². The number of benzene rings is 1. The van der Waals surface area contributed by atoms with E-state index < -0.39 is 16.9 Å². The minimum absolute atomic E-state index is 0. The van der Waals surface area contributed by atoms with Crippen LogP contribution in [0.4, 0.5) is 5.69 Å². The molecule has 1 aliphatic heterocycles. The summed E-state index contributed by atoms with van der Waals surface area (Å²) in [6.07, 6.45) is -0.546. The molecule has 0 bridgehead atoms. The van der Waals surface area contributed by atoms with Crippen LogP contribution in [0.1, 0.15) is 17.3 Å². The number of β-amino-alcohol motifs (C(OH)–C–C–N with tert-alkyl or cyclic N) is 1. The Hall–Kier alpha value is -2.10. The zero-order valence-corrected chi connectivity index (χ0v) is 14.8. The number of aliphatic hydroxyl groups excluding tert-OH is 1. The standard InChI is InChI=1S/C15H21N3O6.ClH/c1-3-24-14-4-10(11(18(21)22)5-13(14)23-2)15(20)17-7-9-6-16-8-12(9)19;/h4-5,9,12,16,19H,3,6-8H2,1-2H3,(H,17,20);1H. The molecule has 1 aromatic carbocycles. The van der Waals surface area contributed by atoms with Crippen molar-refractivity contribution in [1.29, 1.82) is 0 Å². The predicted molar refractivity (Wildman–Crippen MR) is 92.8 cm³/mol. The van der Waals surface area contributed by atoms with Gasteiger partial charge in [-0.05, 0) is 6.92 Å². The summed E-state index contributed by atoms with van der Waals surface area (Å²) < 4.78 is 10.4. The summed E-state index contributed by atoms with van der Waals surface area (Å²) in [6, 6.07) is 2.48. The summed E-state index contributed by atoms with van der Waals surface area (Å²) in [5.41, 5.74) is -0.470. The molecule has 0 radical (unpaired) electrons. The summed E-state index contributed by atoms with van der Waals surface area (Å²) in [6.45, 7) is 3.36. The molecule has 1 fully saturated rings. The maximum atomic E-state index is 12.4. The van der Waals surface area contributed by atoms with Crippen LogP contribution >= 0.6 is 12.4 Å². The van der Waals surface area contributed by atoms with Crippen molar-refractivity contribution in [3.05, 3.63) is 27.8 Å². The predicted octanol–water partition coefficient (Wildman–Crippen LogP) is 0.734. The number of hydrogen-bond donors (Lipinski definition) is 3. The Bertz CT molecular complexity index is 628. The molecule has 25 heavy (non-hydrogen) atoms. The van der Waals surface area contributed by atoms with E-state index in [-0.39, 0.29) is 47.6 Å². The molecule has 2 rings (SSSR count). The van der Waals surface area contributed by atoms with Gasteiger partial charge in [-0.2, -0.15) is 0 Å². The van der Waals surface area contributed by atoms with E-state index in [1.54, 1.807) is 6.92 Å². The lowest BCUT2D eigenvalue weighted by molar-refractivity contribution is -0.385. The van der Waals surface area contributed by atoms with Crippen molar-refractivity contribution in [3.8, 4) is 11.5 Å². The Balaban J connectivity index is 0.00000312. The first-order valence-electron chi connectivity index (χ1n) is 7.64. The first kappa shape index (κ1) is 20.9. The molecule has 1 amide bonds. The van der Waals surface area contributed by atoms with Gasteiger partial charge in [-0.25, -0.2) is 0 Å². The van der Waals surface area contributed by atoms with Gasteiger partial charge in [0.15, 0.2) is 11.5 Å². The molecule has 1 heterocycles. The van der Waals surface area contributed by atoms with E-state index >= 15 is 0 Å². The Morgan fingerprint density at radius 3 is 2.68 bits per heavy atom. The molecule has 1 aromatic rings. The molecule has 2 atom stereocenters. The highest BCUT2D eigenvalue weighted by Crippen LogP contribution is 2.34. The largest absolute Gasteiger partial charge is 0.493 e. The van der Waals surface area contributed by atoms with Crippen LogP contribution in [0, 0.1) is 16.0 Å². The highest BCUT2D eigenvalue weighted by atomic mass is 35.5. The average Bonchev–Trinajstić information content (AvgIpc) is 2.97. The average molecular weight is 376 g/mol. The molecule has 9 nitrogen and oxygen atoms in total. The molecule has 1 aliphatic rings. The van der Waals surface area contributed by atoms with Crippen molar-refractivity contribution < 1.29 is 24.3 Å². The second-order valence-corrected chi connectivity index (χ2v) is 5.41. The number of nitro benzene ring substituents is 1. The summed E-state index contributed by atoms with van der Waals surface area (Å²) in [5, 5.41) is 26.6. The molecule has 2 unspecified atom stereocenters. The smallest absolute Gasteiger partial charge is 0.286 e. The maximum absolute atomic E-state index is 12.4. The zero-order chi connectivity index (χ0) is 17.7. The summed E-state index contributed by atoms with van der Waals surface area (Å²) >= 11 is 0. The zero-order valence-electron chi connectivity index (χ0n) is 14.0. The number of nitrogens with one attached hydrogen (secondary N) is 2. The van der Waals surface area contributed by atoms with E-state index in [0.29, 0.717) is 19.7 Å². The van der Waals surface area contributed by atoms with Gasteiger partial charge >= 0.3 is 0 Å². The molecule has 0 saturated carbocycles. The fraction of sp³-hybridized carbons (Fsp3) is 0.533. The minimum Gasteiger partial charge on any atom is -0.493 e. The normalized spacial score (nSPS) is 19.0.